The average molecular weight is 264 g/mol. The van der Waals surface area contributed by atoms with Crippen molar-refractivity contribution >= 4 is 5.91 Å². The zero-order valence-corrected chi connectivity index (χ0v) is 11.0. The number of rotatable bonds is 4. The van der Waals surface area contributed by atoms with E-state index in [2.05, 4.69) is 5.32 Å². The van der Waals surface area contributed by atoms with E-state index in [1.165, 1.54) is 4.90 Å². The summed E-state index contributed by atoms with van der Waals surface area (Å²) in [7, 11) is 1.65. The lowest BCUT2D eigenvalue weighted by Gasteiger charge is -2.27. The molecule has 5 nitrogen and oxygen atoms in total. The highest BCUT2D eigenvalue weighted by Gasteiger charge is 2.37. The number of β-amino-alcohol motifs (C(OH)–C–C–N with tert-alkyl or cyclic N) is 1. The Bertz CT molecular complexity index is 424. The van der Waals surface area contributed by atoms with Crippen LogP contribution in [-0.4, -0.2) is 53.0 Å². The lowest BCUT2D eigenvalue weighted by Crippen LogP contribution is -2.49. The number of hydrogen-bond acceptors (Lipinski definition) is 4. The van der Waals surface area contributed by atoms with Gasteiger partial charge in [0.25, 0.3) is 0 Å². The second-order valence-corrected chi connectivity index (χ2v) is 4.90. The summed E-state index contributed by atoms with van der Waals surface area (Å²) in [5, 5.41) is 22.2. The SMILES string of the molecule is CN(C(=O)CCc1ccccc1)C1NCC(O)C1O. The Morgan fingerprint density at radius 2 is 2.05 bits per heavy atom. The van der Waals surface area contributed by atoms with Crippen molar-refractivity contribution in [3.63, 3.8) is 0 Å². The number of carbonyl (C=O) groups is 1. The second kappa shape index (κ2) is 6.14. The minimum Gasteiger partial charge on any atom is -0.389 e. The third-order valence-electron chi connectivity index (χ3n) is 3.53. The van der Waals surface area contributed by atoms with Crippen LogP contribution in [0, 0.1) is 0 Å². The van der Waals surface area contributed by atoms with Crippen molar-refractivity contribution in [2.45, 2.75) is 31.2 Å². The van der Waals surface area contributed by atoms with Crippen LogP contribution in [-0.2, 0) is 11.2 Å². The van der Waals surface area contributed by atoms with E-state index >= 15 is 0 Å². The molecule has 104 valence electrons. The summed E-state index contributed by atoms with van der Waals surface area (Å²) < 4.78 is 0. The van der Waals surface area contributed by atoms with Crippen LogP contribution in [0.2, 0.25) is 0 Å². The van der Waals surface area contributed by atoms with Crippen LogP contribution >= 0.6 is 0 Å². The fourth-order valence-electron chi connectivity index (χ4n) is 2.29. The number of aliphatic hydroxyl groups excluding tert-OH is 2. The molecule has 19 heavy (non-hydrogen) atoms. The number of hydrogen-bond donors (Lipinski definition) is 3. The monoisotopic (exact) mass is 264 g/mol. The number of carbonyl (C=O) groups excluding carboxylic acids is 1. The van der Waals surface area contributed by atoms with Crippen molar-refractivity contribution in [2.75, 3.05) is 13.6 Å². The minimum atomic E-state index is -0.925. The Morgan fingerprint density at radius 3 is 2.63 bits per heavy atom. The summed E-state index contributed by atoms with van der Waals surface area (Å²) in [5.74, 6) is -0.0468. The molecule has 1 aromatic carbocycles. The maximum Gasteiger partial charge on any atom is 0.223 e. The summed E-state index contributed by atoms with van der Waals surface area (Å²) in [6.45, 7) is 0.308. The number of nitrogens with one attached hydrogen (secondary N) is 1. The maximum atomic E-state index is 12.0. The van der Waals surface area contributed by atoms with E-state index in [0.717, 1.165) is 5.56 Å². The molecule has 1 aliphatic heterocycles. The van der Waals surface area contributed by atoms with Gasteiger partial charge in [-0.05, 0) is 12.0 Å². The summed E-state index contributed by atoms with van der Waals surface area (Å²) in [6.07, 6.45) is -1.17. The molecule has 0 saturated carbocycles. The fraction of sp³-hybridized carbons (Fsp3) is 0.500. The first-order valence-electron chi connectivity index (χ1n) is 6.48. The van der Waals surface area contributed by atoms with E-state index < -0.39 is 18.4 Å². The van der Waals surface area contributed by atoms with Crippen molar-refractivity contribution < 1.29 is 15.0 Å². The van der Waals surface area contributed by atoms with Gasteiger partial charge >= 0.3 is 0 Å². The van der Waals surface area contributed by atoms with Gasteiger partial charge in [-0.15, -0.1) is 0 Å². The molecular formula is C14H20N2O3. The number of likely N-dealkylation sites (N-methyl/N-ethyl adjacent to an activating group) is 1. The molecule has 5 heteroatoms. The number of nitrogens with zero attached hydrogens (tertiary/aromatic N) is 1. The lowest BCUT2D eigenvalue weighted by atomic mass is 10.1. The third kappa shape index (κ3) is 3.32. The van der Waals surface area contributed by atoms with Crippen molar-refractivity contribution in [3.8, 4) is 0 Å². The van der Waals surface area contributed by atoms with Gasteiger partial charge in [0.05, 0.1) is 6.10 Å². The first-order valence-corrected chi connectivity index (χ1v) is 6.48. The van der Waals surface area contributed by atoms with Crippen LogP contribution in [0.25, 0.3) is 0 Å². The van der Waals surface area contributed by atoms with Crippen LogP contribution in [0.3, 0.4) is 0 Å². The molecule has 1 heterocycles. The average Bonchev–Trinajstić information content (AvgIpc) is 2.77. The highest BCUT2D eigenvalue weighted by Crippen LogP contribution is 2.13. The van der Waals surface area contributed by atoms with Crippen LogP contribution < -0.4 is 5.32 Å². The quantitative estimate of drug-likeness (QED) is 0.700. The number of amides is 1. The Labute approximate surface area is 112 Å². The van der Waals surface area contributed by atoms with E-state index in [9.17, 15) is 15.0 Å². The smallest absolute Gasteiger partial charge is 0.223 e. The maximum absolute atomic E-state index is 12.0. The molecule has 0 aliphatic carbocycles. The van der Waals surface area contributed by atoms with Gasteiger partial charge in [-0.25, -0.2) is 0 Å². The number of aryl methyl sites for hydroxylation is 1. The molecule has 1 aromatic rings. The number of aliphatic hydroxyl groups is 2. The highest BCUT2D eigenvalue weighted by atomic mass is 16.3. The summed E-state index contributed by atoms with van der Waals surface area (Å²) in [5.41, 5.74) is 1.12. The molecule has 2 rings (SSSR count). The Morgan fingerprint density at radius 1 is 1.37 bits per heavy atom. The molecule has 3 N–H and O–H groups in total. The van der Waals surface area contributed by atoms with Crippen LogP contribution in [0.15, 0.2) is 30.3 Å². The van der Waals surface area contributed by atoms with Gasteiger partial charge < -0.3 is 15.1 Å². The van der Waals surface area contributed by atoms with Gasteiger partial charge in [-0.2, -0.15) is 0 Å². The molecule has 0 radical (unpaired) electrons. The van der Waals surface area contributed by atoms with Gasteiger partial charge in [0.15, 0.2) is 0 Å². The van der Waals surface area contributed by atoms with Crippen molar-refractivity contribution in [1.82, 2.24) is 10.2 Å². The van der Waals surface area contributed by atoms with Gasteiger partial charge in [0, 0.05) is 20.0 Å². The highest BCUT2D eigenvalue weighted by molar-refractivity contribution is 5.76. The topological polar surface area (TPSA) is 72.8 Å². The van der Waals surface area contributed by atoms with Crippen LogP contribution in [0.4, 0.5) is 0 Å². The zero-order valence-electron chi connectivity index (χ0n) is 11.0. The summed E-state index contributed by atoms with van der Waals surface area (Å²) in [4.78, 5) is 13.5. The van der Waals surface area contributed by atoms with Crippen LogP contribution in [0.1, 0.15) is 12.0 Å². The minimum absolute atomic E-state index is 0.0468. The lowest BCUT2D eigenvalue weighted by molar-refractivity contribution is -0.135. The predicted molar refractivity (Wildman–Crippen MR) is 71.3 cm³/mol. The molecule has 3 atom stereocenters. The standard InChI is InChI=1S/C14H20N2O3/c1-16(14-13(19)11(17)9-15-14)12(18)8-7-10-5-3-2-4-6-10/h2-6,11,13-15,17,19H,7-9H2,1H3. The molecule has 0 aromatic heterocycles. The Kier molecular flexibility index (Phi) is 4.52. The normalized spacial score (nSPS) is 26.4. The van der Waals surface area contributed by atoms with Crippen molar-refractivity contribution in [3.05, 3.63) is 35.9 Å². The van der Waals surface area contributed by atoms with Gasteiger partial charge in [0.2, 0.25) is 5.91 Å². The van der Waals surface area contributed by atoms with E-state index in [0.29, 0.717) is 19.4 Å². The molecule has 0 bridgehead atoms. The van der Waals surface area contributed by atoms with Gasteiger partial charge in [0.1, 0.15) is 12.3 Å². The zero-order chi connectivity index (χ0) is 13.8. The molecule has 1 fully saturated rings. The molecule has 3 unspecified atom stereocenters. The first kappa shape index (κ1) is 14.0. The third-order valence-corrected chi connectivity index (χ3v) is 3.53. The molecule has 1 saturated heterocycles. The van der Waals surface area contributed by atoms with Gasteiger partial charge in [-0.3, -0.25) is 10.1 Å². The van der Waals surface area contributed by atoms with Crippen molar-refractivity contribution in [1.29, 1.82) is 0 Å². The van der Waals surface area contributed by atoms with E-state index in [1.807, 2.05) is 30.3 Å². The summed E-state index contributed by atoms with van der Waals surface area (Å²) in [6, 6.07) is 9.81. The first-order chi connectivity index (χ1) is 9.09. The molecule has 1 aliphatic rings. The molecule has 1 amide bonds. The summed E-state index contributed by atoms with van der Waals surface area (Å²) >= 11 is 0. The van der Waals surface area contributed by atoms with E-state index in [-0.39, 0.29) is 5.91 Å². The van der Waals surface area contributed by atoms with Gasteiger partial charge in [-0.1, -0.05) is 30.3 Å². The molecular weight excluding hydrogens is 244 g/mol. The van der Waals surface area contributed by atoms with E-state index in [4.69, 9.17) is 0 Å². The Balaban J connectivity index is 1.86. The predicted octanol–water partition coefficient (Wildman–Crippen LogP) is -0.271. The molecule has 0 spiro atoms. The Hall–Kier alpha value is -1.43. The van der Waals surface area contributed by atoms with Crippen molar-refractivity contribution in [2.24, 2.45) is 0 Å². The number of benzene rings is 1. The fourth-order valence-corrected chi connectivity index (χ4v) is 2.29. The van der Waals surface area contributed by atoms with Crippen LogP contribution in [0.5, 0.6) is 0 Å². The van der Waals surface area contributed by atoms with E-state index in [1.54, 1.807) is 7.05 Å². The second-order valence-electron chi connectivity index (χ2n) is 4.90. The largest absolute Gasteiger partial charge is 0.389 e.